The van der Waals surface area contributed by atoms with Gasteiger partial charge in [0.25, 0.3) is 0 Å². The maximum atomic E-state index is 13.2. The van der Waals surface area contributed by atoms with E-state index < -0.39 is 17.4 Å². The van der Waals surface area contributed by atoms with E-state index in [1.165, 1.54) is 19.1 Å². The summed E-state index contributed by atoms with van der Waals surface area (Å²) in [4.78, 5) is 12.0. The van der Waals surface area contributed by atoms with Gasteiger partial charge in [-0.15, -0.1) is 0 Å². The smallest absolute Gasteiger partial charge is 0.196 e. The zero-order valence-corrected chi connectivity index (χ0v) is 9.58. The molecule has 2 aromatic carbocycles. The molecule has 0 radical (unpaired) electrons. The molecular weight excluding hydrogens is 238 g/mol. The van der Waals surface area contributed by atoms with Crippen molar-refractivity contribution in [2.75, 3.05) is 0 Å². The lowest BCUT2D eigenvalue weighted by Gasteiger charge is -2.07. The Kier molecular flexibility index (Phi) is 3.10. The van der Waals surface area contributed by atoms with Gasteiger partial charge in [-0.3, -0.25) is 4.79 Å². The van der Waals surface area contributed by atoms with Crippen LogP contribution in [-0.2, 0) is 0 Å². The molecule has 0 aliphatic rings. The van der Waals surface area contributed by atoms with E-state index in [1.54, 1.807) is 0 Å². The molecule has 0 bridgehead atoms. The number of carbonyl (C=O) groups excluding carboxylic acids is 1. The molecule has 2 rings (SSSR count). The van der Waals surface area contributed by atoms with Crippen molar-refractivity contribution in [1.82, 2.24) is 0 Å². The van der Waals surface area contributed by atoms with E-state index >= 15 is 0 Å². The third-order valence-corrected chi connectivity index (χ3v) is 2.62. The van der Waals surface area contributed by atoms with Crippen LogP contribution >= 0.6 is 0 Å². The van der Waals surface area contributed by atoms with Crippen LogP contribution in [0.3, 0.4) is 0 Å². The first-order valence-electron chi connectivity index (χ1n) is 5.28. The van der Waals surface area contributed by atoms with Crippen molar-refractivity contribution >= 4 is 5.78 Å². The van der Waals surface area contributed by atoms with Gasteiger partial charge in [0.15, 0.2) is 5.78 Å². The van der Waals surface area contributed by atoms with Crippen molar-refractivity contribution in [3.05, 3.63) is 64.7 Å². The first-order chi connectivity index (χ1) is 8.49. The highest BCUT2D eigenvalue weighted by Crippen LogP contribution is 2.25. The Morgan fingerprint density at radius 1 is 1.06 bits per heavy atom. The molecule has 0 atom stereocenters. The summed E-state index contributed by atoms with van der Waals surface area (Å²) in [5.41, 5.74) is 0.344. The van der Waals surface area contributed by atoms with E-state index in [4.69, 9.17) is 0 Å². The number of ketones is 1. The summed E-state index contributed by atoms with van der Waals surface area (Å²) in [6.07, 6.45) is 0. The third kappa shape index (κ3) is 2.22. The molecule has 0 saturated heterocycles. The molecule has 0 aliphatic heterocycles. The lowest BCUT2D eigenvalue weighted by atomic mass is 10.00. The molecule has 0 heterocycles. The van der Waals surface area contributed by atoms with E-state index in [-0.39, 0.29) is 22.4 Å². The van der Waals surface area contributed by atoms with E-state index in [0.29, 0.717) is 0 Å². The molecule has 92 valence electrons. The van der Waals surface area contributed by atoms with Crippen molar-refractivity contribution in [1.29, 1.82) is 0 Å². The minimum absolute atomic E-state index is 0.126. The topological polar surface area (TPSA) is 37.3 Å². The average molecular weight is 248 g/mol. The van der Waals surface area contributed by atoms with Crippen LogP contribution in [0, 0.1) is 18.6 Å². The average Bonchev–Trinajstić information content (AvgIpc) is 2.34. The summed E-state index contributed by atoms with van der Waals surface area (Å²) in [7, 11) is 0. The van der Waals surface area contributed by atoms with Gasteiger partial charge in [0.1, 0.15) is 17.4 Å². The maximum absolute atomic E-state index is 13.2. The number of aryl methyl sites for hydroxylation is 1. The van der Waals surface area contributed by atoms with Crippen LogP contribution in [0.4, 0.5) is 8.78 Å². The number of rotatable bonds is 2. The lowest BCUT2D eigenvalue weighted by molar-refractivity contribution is 0.103. The van der Waals surface area contributed by atoms with Gasteiger partial charge in [0.2, 0.25) is 0 Å². The van der Waals surface area contributed by atoms with Gasteiger partial charge in [-0.1, -0.05) is 0 Å². The first kappa shape index (κ1) is 12.2. The monoisotopic (exact) mass is 248 g/mol. The van der Waals surface area contributed by atoms with Crippen LogP contribution in [-0.4, -0.2) is 10.9 Å². The zero-order valence-electron chi connectivity index (χ0n) is 9.58. The highest BCUT2D eigenvalue weighted by atomic mass is 19.1. The van der Waals surface area contributed by atoms with Crippen LogP contribution in [0.2, 0.25) is 0 Å². The van der Waals surface area contributed by atoms with Gasteiger partial charge < -0.3 is 5.11 Å². The van der Waals surface area contributed by atoms with E-state index in [0.717, 1.165) is 24.3 Å². The van der Waals surface area contributed by atoms with Crippen molar-refractivity contribution in [2.24, 2.45) is 0 Å². The van der Waals surface area contributed by atoms with Crippen LogP contribution in [0.15, 0.2) is 36.4 Å². The number of aromatic hydroxyl groups is 1. The Morgan fingerprint density at radius 2 is 1.67 bits per heavy atom. The highest BCUT2D eigenvalue weighted by molar-refractivity contribution is 6.10. The van der Waals surface area contributed by atoms with Gasteiger partial charge in [-0.05, 0) is 48.9 Å². The molecule has 0 fully saturated rings. The largest absolute Gasteiger partial charge is 0.507 e. The fourth-order valence-corrected chi connectivity index (χ4v) is 1.67. The van der Waals surface area contributed by atoms with Crippen LogP contribution in [0.1, 0.15) is 21.5 Å². The minimum atomic E-state index is -0.601. The fourth-order valence-electron chi connectivity index (χ4n) is 1.67. The number of halogens is 2. The normalized spacial score (nSPS) is 10.4. The Morgan fingerprint density at radius 3 is 2.28 bits per heavy atom. The molecule has 0 unspecified atom stereocenters. The number of phenolic OH excluding ortho intramolecular Hbond substituents is 1. The van der Waals surface area contributed by atoms with E-state index in [1.807, 2.05) is 0 Å². The Bertz CT molecular complexity index is 604. The zero-order chi connectivity index (χ0) is 13.3. The van der Waals surface area contributed by atoms with Crippen LogP contribution in [0.5, 0.6) is 5.75 Å². The highest BCUT2D eigenvalue weighted by Gasteiger charge is 2.16. The Hall–Kier alpha value is -2.23. The summed E-state index contributed by atoms with van der Waals surface area (Å²) in [5, 5.41) is 9.75. The summed E-state index contributed by atoms with van der Waals surface area (Å²) < 4.78 is 26.0. The minimum Gasteiger partial charge on any atom is -0.507 e. The second kappa shape index (κ2) is 4.56. The molecule has 0 aromatic heterocycles. The fraction of sp³-hybridized carbons (Fsp3) is 0.0714. The molecule has 0 aliphatic carbocycles. The van der Waals surface area contributed by atoms with Crippen molar-refractivity contribution in [3.63, 3.8) is 0 Å². The number of benzene rings is 2. The van der Waals surface area contributed by atoms with Gasteiger partial charge in [-0.2, -0.15) is 0 Å². The van der Waals surface area contributed by atoms with Gasteiger partial charge in [0.05, 0.1) is 5.56 Å². The molecular formula is C14H10F2O2. The molecule has 0 spiro atoms. The Balaban J connectivity index is 2.49. The molecule has 1 N–H and O–H groups in total. The SMILES string of the molecule is Cc1cc(F)cc(C(=O)c2ccc(F)cc2)c1O. The Labute approximate surface area is 103 Å². The number of carbonyl (C=O) groups is 1. The van der Waals surface area contributed by atoms with Gasteiger partial charge >= 0.3 is 0 Å². The van der Waals surface area contributed by atoms with Crippen molar-refractivity contribution in [3.8, 4) is 5.75 Å². The summed E-state index contributed by atoms with van der Waals surface area (Å²) in [5.74, 6) is -1.87. The number of phenols is 1. The standard InChI is InChI=1S/C14H10F2O2/c1-8-6-11(16)7-12(13(8)17)14(18)9-2-4-10(15)5-3-9/h2-7,17H,1H3. The number of hydrogen-bond acceptors (Lipinski definition) is 2. The maximum Gasteiger partial charge on any atom is 0.196 e. The van der Waals surface area contributed by atoms with Gasteiger partial charge in [-0.25, -0.2) is 8.78 Å². The lowest BCUT2D eigenvalue weighted by Crippen LogP contribution is -2.03. The molecule has 0 saturated carbocycles. The predicted molar refractivity (Wildman–Crippen MR) is 62.6 cm³/mol. The summed E-state index contributed by atoms with van der Waals surface area (Å²) in [6.45, 7) is 1.50. The molecule has 2 nitrogen and oxygen atoms in total. The third-order valence-electron chi connectivity index (χ3n) is 2.62. The van der Waals surface area contributed by atoms with Crippen LogP contribution in [0.25, 0.3) is 0 Å². The van der Waals surface area contributed by atoms with Crippen molar-refractivity contribution in [2.45, 2.75) is 6.92 Å². The first-order valence-corrected chi connectivity index (χ1v) is 5.28. The predicted octanol–water partition coefficient (Wildman–Crippen LogP) is 3.21. The quantitative estimate of drug-likeness (QED) is 0.828. The molecule has 18 heavy (non-hydrogen) atoms. The van der Waals surface area contributed by atoms with E-state index in [9.17, 15) is 18.7 Å². The molecule has 2 aromatic rings. The van der Waals surface area contributed by atoms with Crippen LogP contribution < -0.4 is 0 Å². The second-order valence-corrected chi connectivity index (χ2v) is 3.95. The summed E-state index contributed by atoms with van der Waals surface area (Å²) in [6, 6.07) is 6.95. The molecule has 4 heteroatoms. The van der Waals surface area contributed by atoms with E-state index in [2.05, 4.69) is 0 Å². The second-order valence-electron chi connectivity index (χ2n) is 3.95. The van der Waals surface area contributed by atoms with Gasteiger partial charge in [0, 0.05) is 5.56 Å². The van der Waals surface area contributed by atoms with Crippen molar-refractivity contribution < 1.29 is 18.7 Å². The summed E-state index contributed by atoms with van der Waals surface area (Å²) >= 11 is 0. The number of hydrogen-bond donors (Lipinski definition) is 1. The molecule has 0 amide bonds.